The van der Waals surface area contributed by atoms with Crippen LogP contribution in [0, 0.1) is 17.8 Å². The zero-order valence-corrected chi connectivity index (χ0v) is 36.2. The monoisotopic (exact) mass is 861 g/mol. The highest BCUT2D eigenvalue weighted by Gasteiger charge is 2.63. The molecule has 1 aromatic heterocycles. The molecule has 2 saturated carbocycles. The number of ether oxygens (including phenoxy) is 3. The van der Waals surface area contributed by atoms with E-state index in [1.807, 2.05) is 13.0 Å². The number of amides is 4. The number of fused-ring (bicyclic) bond motifs is 3. The summed E-state index contributed by atoms with van der Waals surface area (Å²) in [7, 11) is -2.58. The van der Waals surface area contributed by atoms with Gasteiger partial charge >= 0.3 is 6.09 Å². The molecule has 4 aliphatic rings. The minimum atomic E-state index is -4.10. The third kappa shape index (κ3) is 8.57. The topological polar surface area (TPSA) is 194 Å². The molecule has 4 amide bonds. The number of sulfonamides is 1. The van der Waals surface area contributed by atoms with Crippen molar-refractivity contribution >= 4 is 44.6 Å². The van der Waals surface area contributed by atoms with Gasteiger partial charge < -0.3 is 29.5 Å². The fraction of sp³-hybridized carbons (Fsp3) is 0.643. The molecule has 3 fully saturated rings. The number of hydrogen-bond donors (Lipinski definition) is 3. The molecular weight excluding hydrogens is 805 g/mol. The van der Waals surface area contributed by atoms with Crippen molar-refractivity contribution in [3.05, 3.63) is 36.4 Å². The van der Waals surface area contributed by atoms with E-state index in [2.05, 4.69) is 15.0 Å². The molecule has 2 aliphatic carbocycles. The van der Waals surface area contributed by atoms with E-state index in [-0.39, 0.29) is 50.1 Å². The highest BCUT2D eigenvalue weighted by Crippen LogP contribution is 2.48. The summed E-state index contributed by atoms with van der Waals surface area (Å²) in [6, 6.07) is 3.82. The number of pyridine rings is 1. The molecular formula is C42H57F2N5O10S. The second-order valence-corrected chi connectivity index (χ2v) is 20.0. The summed E-state index contributed by atoms with van der Waals surface area (Å²) in [5.41, 5.74) is -4.06. The van der Waals surface area contributed by atoms with E-state index in [0.29, 0.717) is 54.0 Å². The van der Waals surface area contributed by atoms with Gasteiger partial charge in [-0.1, -0.05) is 26.0 Å². The van der Waals surface area contributed by atoms with Gasteiger partial charge in [-0.05, 0) is 102 Å². The van der Waals surface area contributed by atoms with E-state index in [1.165, 1.54) is 14.0 Å². The molecule has 2 aliphatic heterocycles. The first-order chi connectivity index (χ1) is 28.0. The molecule has 18 heteroatoms. The Labute approximate surface area is 349 Å². The molecule has 1 aromatic carbocycles. The lowest BCUT2D eigenvalue weighted by molar-refractivity contribution is -0.156. The standard InChI is InChI=1S/C42H57F2N5O10S/c1-9-58-32-20-26-19-28(57-8)14-15-30(26)35(45-32)59-29-21-31-34(50)46-42(37(52)47-60(55,56)40(6)16-17-40)22-27(42)13-11-10-12-24(2)18-25(3)33(36(51)48(31)23-29)49(38(53)54)39(4,5)41(7,43)44/h11,13-15,19-20,24-25,27,29,31,33H,9-10,12,16-18,21-23H2,1-8H3,(H,46,50)(H,47,52)(H,53,54)/b13-11-/t24-,25-,27-,29-,31+,33+,42-/m1/s1. The minimum Gasteiger partial charge on any atom is -0.497 e. The Hall–Kier alpha value is -4.74. The van der Waals surface area contributed by atoms with E-state index in [4.69, 9.17) is 14.2 Å². The molecule has 330 valence electrons. The predicted molar refractivity (Wildman–Crippen MR) is 217 cm³/mol. The van der Waals surface area contributed by atoms with Crippen molar-refractivity contribution in [2.75, 3.05) is 20.3 Å². The first-order valence-corrected chi connectivity index (χ1v) is 22.0. The Balaban J connectivity index is 1.44. The van der Waals surface area contributed by atoms with Gasteiger partial charge in [0.25, 0.3) is 11.8 Å². The molecule has 0 radical (unpaired) electrons. The Kier molecular flexibility index (Phi) is 12.1. The lowest BCUT2D eigenvalue weighted by Crippen LogP contribution is -2.66. The summed E-state index contributed by atoms with van der Waals surface area (Å²) in [6.07, 6.45) is 2.94. The highest BCUT2D eigenvalue weighted by atomic mass is 32.2. The molecule has 0 bridgehead atoms. The van der Waals surface area contributed by atoms with E-state index in [1.54, 1.807) is 44.2 Å². The van der Waals surface area contributed by atoms with Gasteiger partial charge in [0.2, 0.25) is 33.6 Å². The van der Waals surface area contributed by atoms with Crippen LogP contribution in [-0.4, -0.2) is 112 Å². The van der Waals surface area contributed by atoms with Crippen molar-refractivity contribution in [3.63, 3.8) is 0 Å². The van der Waals surface area contributed by atoms with Gasteiger partial charge in [0.15, 0.2) is 0 Å². The Morgan fingerprint density at radius 2 is 1.83 bits per heavy atom. The number of carbonyl (C=O) groups excluding carboxylic acids is 3. The van der Waals surface area contributed by atoms with Crippen LogP contribution in [0.4, 0.5) is 13.6 Å². The summed E-state index contributed by atoms with van der Waals surface area (Å²) < 4.78 is 76.1. The Morgan fingerprint density at radius 3 is 2.45 bits per heavy atom. The summed E-state index contributed by atoms with van der Waals surface area (Å²) in [5, 5.41) is 14.7. The Morgan fingerprint density at radius 1 is 1.13 bits per heavy atom. The van der Waals surface area contributed by atoms with Crippen LogP contribution in [0.5, 0.6) is 17.5 Å². The summed E-state index contributed by atoms with van der Waals surface area (Å²) >= 11 is 0. The number of rotatable bonds is 11. The molecule has 6 rings (SSSR count). The smallest absolute Gasteiger partial charge is 0.408 e. The van der Waals surface area contributed by atoms with Gasteiger partial charge in [-0.2, -0.15) is 4.98 Å². The number of allylic oxidation sites excluding steroid dienone is 1. The molecule has 1 saturated heterocycles. The van der Waals surface area contributed by atoms with Crippen LogP contribution >= 0.6 is 0 Å². The summed E-state index contributed by atoms with van der Waals surface area (Å²) in [4.78, 5) is 63.3. The molecule has 3 heterocycles. The number of hydrogen-bond acceptors (Lipinski definition) is 10. The molecule has 7 atom stereocenters. The number of methoxy groups -OCH3 is 1. The van der Waals surface area contributed by atoms with E-state index >= 15 is 13.6 Å². The second-order valence-electron chi connectivity index (χ2n) is 17.8. The zero-order chi connectivity index (χ0) is 44.2. The van der Waals surface area contributed by atoms with Crippen molar-refractivity contribution in [2.45, 2.75) is 133 Å². The number of carboxylic acid groups (broad SMARTS) is 1. The summed E-state index contributed by atoms with van der Waals surface area (Å²) in [5.74, 6) is -6.81. The predicted octanol–water partition coefficient (Wildman–Crippen LogP) is 5.66. The lowest BCUT2D eigenvalue weighted by atomic mass is 9.84. The van der Waals surface area contributed by atoms with Crippen molar-refractivity contribution < 1.29 is 55.7 Å². The largest absolute Gasteiger partial charge is 0.497 e. The van der Waals surface area contributed by atoms with Crippen molar-refractivity contribution in [1.29, 1.82) is 0 Å². The molecule has 15 nitrogen and oxygen atoms in total. The van der Waals surface area contributed by atoms with Crippen LogP contribution in [0.2, 0.25) is 0 Å². The van der Waals surface area contributed by atoms with Gasteiger partial charge in [0.1, 0.15) is 35.0 Å². The zero-order valence-electron chi connectivity index (χ0n) is 35.4. The maximum Gasteiger partial charge on any atom is 0.408 e. The molecule has 0 spiro atoms. The summed E-state index contributed by atoms with van der Waals surface area (Å²) in [6.45, 7) is 9.60. The van der Waals surface area contributed by atoms with E-state index in [0.717, 1.165) is 18.7 Å². The third-order valence-corrected chi connectivity index (χ3v) is 15.1. The van der Waals surface area contributed by atoms with Crippen molar-refractivity contribution in [1.82, 2.24) is 24.8 Å². The number of aromatic nitrogens is 1. The SMILES string of the molecule is CCOc1cc2cc(OC)ccc2c(O[C@@H]2C[C@H]3C(=O)N[C@]4(C(=O)NS(=O)(=O)C5(C)CC5)C[C@H]4/C=C\CC[C@@H](C)C[C@@H](C)[C@H](N(C(=O)O)C(C)(C)C(C)(F)F)C(=O)N3C2)n1. The quantitative estimate of drug-likeness (QED) is 0.236. The third-order valence-electron chi connectivity index (χ3n) is 12.9. The van der Waals surface area contributed by atoms with Crippen LogP contribution in [0.1, 0.15) is 93.4 Å². The van der Waals surface area contributed by atoms with Crippen molar-refractivity contribution in [3.8, 4) is 17.5 Å². The average Bonchev–Trinajstić information content (AvgIpc) is 4.04. The number of halogens is 2. The first-order valence-electron chi connectivity index (χ1n) is 20.5. The number of alkyl halides is 2. The lowest BCUT2D eigenvalue weighted by Gasteiger charge is -2.47. The van der Waals surface area contributed by atoms with Gasteiger partial charge in [0.05, 0.1) is 25.0 Å². The molecule has 60 heavy (non-hydrogen) atoms. The number of nitrogens with one attached hydrogen (secondary N) is 2. The fourth-order valence-corrected chi connectivity index (χ4v) is 9.75. The second kappa shape index (κ2) is 16.3. The molecule has 3 N–H and O–H groups in total. The number of nitrogens with zero attached hydrogens (tertiary/aromatic N) is 3. The van der Waals surface area contributed by atoms with Crippen LogP contribution in [-0.2, 0) is 24.4 Å². The van der Waals surface area contributed by atoms with Crippen LogP contribution < -0.4 is 24.2 Å². The molecule has 0 unspecified atom stereocenters. The number of benzene rings is 1. The van der Waals surface area contributed by atoms with E-state index < -0.39 is 85.6 Å². The van der Waals surface area contributed by atoms with E-state index in [9.17, 15) is 27.9 Å². The molecule has 2 aromatic rings. The fourth-order valence-electron chi connectivity index (χ4n) is 8.44. The van der Waals surface area contributed by atoms with Gasteiger partial charge in [-0.15, -0.1) is 0 Å². The highest BCUT2D eigenvalue weighted by molar-refractivity contribution is 7.91. The average molecular weight is 862 g/mol. The van der Waals surface area contributed by atoms with Gasteiger partial charge in [-0.3, -0.25) is 24.0 Å². The Bertz CT molecular complexity index is 2160. The normalized spacial score (nSPS) is 28.9. The van der Waals surface area contributed by atoms with Gasteiger partial charge in [0, 0.05) is 30.7 Å². The minimum absolute atomic E-state index is 0.0826. The van der Waals surface area contributed by atoms with Crippen LogP contribution in [0.3, 0.4) is 0 Å². The van der Waals surface area contributed by atoms with Crippen LogP contribution in [0.25, 0.3) is 10.8 Å². The maximum atomic E-state index is 15.4. The first kappa shape index (κ1) is 44.8. The van der Waals surface area contributed by atoms with Gasteiger partial charge in [-0.25, -0.2) is 22.0 Å². The number of carbonyl (C=O) groups is 4. The maximum absolute atomic E-state index is 15.4. The van der Waals surface area contributed by atoms with Crippen molar-refractivity contribution in [2.24, 2.45) is 17.8 Å². The van der Waals surface area contributed by atoms with Crippen LogP contribution in [0.15, 0.2) is 36.4 Å².